The quantitative estimate of drug-likeness (QED) is 0.812. The number of benzene rings is 2. The third-order valence-electron chi connectivity index (χ3n) is 2.87. The zero-order chi connectivity index (χ0) is 15.1. The van der Waals surface area contributed by atoms with Crippen LogP contribution in [-0.2, 0) is 4.79 Å². The number of hydrogen-bond donors (Lipinski definition) is 1. The van der Waals surface area contributed by atoms with Crippen LogP contribution in [-0.4, -0.2) is 17.8 Å². The van der Waals surface area contributed by atoms with Gasteiger partial charge in [-0.05, 0) is 36.9 Å². The molecule has 0 aliphatic carbocycles. The molecule has 1 N–H and O–H groups in total. The minimum Gasteiger partial charge on any atom is -0.481 e. The van der Waals surface area contributed by atoms with Crippen molar-refractivity contribution in [1.82, 2.24) is 0 Å². The van der Waals surface area contributed by atoms with Gasteiger partial charge in [0, 0.05) is 4.90 Å². The Balaban J connectivity index is 2.01. The van der Waals surface area contributed by atoms with Crippen LogP contribution in [0.1, 0.15) is 13.8 Å². The molecule has 0 saturated carbocycles. The van der Waals surface area contributed by atoms with Gasteiger partial charge in [-0.2, -0.15) is 0 Å². The van der Waals surface area contributed by atoms with Crippen molar-refractivity contribution in [2.24, 2.45) is 0 Å². The SMILES string of the molecule is CCSc1ccccc1NC(=O)[C@H](C)Oc1ccccc1. The molecule has 0 fully saturated rings. The standard InChI is InChI=1S/C17H19NO2S/c1-3-21-16-12-8-7-11-15(16)18-17(19)13(2)20-14-9-5-4-6-10-14/h4-13H,3H2,1-2H3,(H,18,19)/t13-/m0/s1. The van der Waals surface area contributed by atoms with Gasteiger partial charge < -0.3 is 10.1 Å². The molecule has 4 heteroatoms. The fraction of sp³-hybridized carbons (Fsp3) is 0.235. The van der Waals surface area contributed by atoms with Crippen molar-refractivity contribution < 1.29 is 9.53 Å². The third kappa shape index (κ3) is 4.53. The molecule has 2 aromatic rings. The molecule has 3 nitrogen and oxygen atoms in total. The fourth-order valence-corrected chi connectivity index (χ4v) is 2.60. The number of nitrogens with one attached hydrogen (secondary N) is 1. The lowest BCUT2D eigenvalue weighted by Crippen LogP contribution is -2.30. The van der Waals surface area contributed by atoms with Crippen LogP contribution in [0.2, 0.25) is 0 Å². The average Bonchev–Trinajstić information content (AvgIpc) is 2.50. The molecule has 0 aromatic heterocycles. The van der Waals surface area contributed by atoms with Crippen LogP contribution >= 0.6 is 11.8 Å². The maximum atomic E-state index is 12.2. The number of thioether (sulfide) groups is 1. The van der Waals surface area contributed by atoms with Gasteiger partial charge in [0.05, 0.1) is 5.69 Å². The van der Waals surface area contributed by atoms with E-state index < -0.39 is 6.10 Å². The van der Waals surface area contributed by atoms with E-state index >= 15 is 0 Å². The molecule has 1 atom stereocenters. The summed E-state index contributed by atoms with van der Waals surface area (Å²) in [5, 5.41) is 2.93. The summed E-state index contributed by atoms with van der Waals surface area (Å²) < 4.78 is 5.63. The summed E-state index contributed by atoms with van der Waals surface area (Å²) in [7, 11) is 0. The molecule has 0 radical (unpaired) electrons. The number of carbonyl (C=O) groups excluding carboxylic acids is 1. The summed E-state index contributed by atoms with van der Waals surface area (Å²) in [6, 6.07) is 17.2. The van der Waals surface area contributed by atoms with Gasteiger partial charge >= 0.3 is 0 Å². The summed E-state index contributed by atoms with van der Waals surface area (Å²) in [5.74, 6) is 1.50. The van der Waals surface area contributed by atoms with Crippen LogP contribution in [0.4, 0.5) is 5.69 Å². The van der Waals surface area contributed by atoms with E-state index in [0.29, 0.717) is 5.75 Å². The van der Waals surface area contributed by atoms with Crippen molar-refractivity contribution in [2.45, 2.75) is 24.8 Å². The number of ether oxygens (including phenoxy) is 1. The van der Waals surface area contributed by atoms with Gasteiger partial charge in [-0.3, -0.25) is 4.79 Å². The minimum absolute atomic E-state index is 0.150. The normalized spacial score (nSPS) is 11.7. The van der Waals surface area contributed by atoms with E-state index in [1.807, 2.05) is 54.6 Å². The molecular weight excluding hydrogens is 282 g/mol. The summed E-state index contributed by atoms with van der Waals surface area (Å²) in [5.41, 5.74) is 0.831. The summed E-state index contributed by atoms with van der Waals surface area (Å²) in [6.45, 7) is 3.84. The Morgan fingerprint density at radius 3 is 2.52 bits per heavy atom. The van der Waals surface area contributed by atoms with Gasteiger partial charge in [0.15, 0.2) is 6.10 Å². The Kier molecular flexibility index (Phi) is 5.69. The van der Waals surface area contributed by atoms with E-state index in [2.05, 4.69) is 12.2 Å². The van der Waals surface area contributed by atoms with Crippen molar-refractivity contribution in [1.29, 1.82) is 0 Å². The van der Waals surface area contributed by atoms with Crippen LogP contribution in [0.5, 0.6) is 5.75 Å². The predicted molar refractivity (Wildman–Crippen MR) is 88.0 cm³/mol. The van der Waals surface area contributed by atoms with Crippen molar-refractivity contribution in [3.05, 3.63) is 54.6 Å². The maximum Gasteiger partial charge on any atom is 0.265 e. The first kappa shape index (κ1) is 15.4. The molecule has 0 saturated heterocycles. The van der Waals surface area contributed by atoms with E-state index in [4.69, 9.17) is 4.74 Å². The second-order valence-corrected chi connectivity index (χ2v) is 5.80. The van der Waals surface area contributed by atoms with Gasteiger partial charge in [0.25, 0.3) is 5.91 Å². The highest BCUT2D eigenvalue weighted by molar-refractivity contribution is 7.99. The zero-order valence-electron chi connectivity index (χ0n) is 12.2. The number of anilines is 1. The maximum absolute atomic E-state index is 12.2. The number of amides is 1. The van der Waals surface area contributed by atoms with Gasteiger partial charge in [0.2, 0.25) is 0 Å². The van der Waals surface area contributed by atoms with E-state index in [1.54, 1.807) is 18.7 Å². The third-order valence-corrected chi connectivity index (χ3v) is 3.83. The van der Waals surface area contributed by atoms with Gasteiger partial charge in [0.1, 0.15) is 5.75 Å². The predicted octanol–water partition coefficient (Wildman–Crippen LogP) is 4.20. The lowest BCUT2D eigenvalue weighted by atomic mass is 10.3. The van der Waals surface area contributed by atoms with Crippen LogP contribution < -0.4 is 10.1 Å². The minimum atomic E-state index is -0.549. The molecule has 0 heterocycles. The molecule has 0 bridgehead atoms. The molecule has 0 aliphatic heterocycles. The second kappa shape index (κ2) is 7.74. The summed E-state index contributed by atoms with van der Waals surface area (Å²) in [4.78, 5) is 13.3. The molecule has 1 amide bonds. The average molecular weight is 301 g/mol. The van der Waals surface area contributed by atoms with Crippen molar-refractivity contribution in [3.63, 3.8) is 0 Å². The first-order valence-corrected chi connectivity index (χ1v) is 7.93. The molecule has 0 unspecified atom stereocenters. The largest absolute Gasteiger partial charge is 0.481 e. The highest BCUT2D eigenvalue weighted by atomic mass is 32.2. The number of carbonyl (C=O) groups is 1. The Bertz CT molecular complexity index is 586. The molecule has 2 rings (SSSR count). The van der Waals surface area contributed by atoms with E-state index in [1.165, 1.54) is 0 Å². The molecular formula is C17H19NO2S. The number of hydrogen-bond acceptors (Lipinski definition) is 3. The Labute approximate surface area is 129 Å². The molecule has 110 valence electrons. The van der Waals surface area contributed by atoms with Gasteiger partial charge in [-0.15, -0.1) is 11.8 Å². The summed E-state index contributed by atoms with van der Waals surface area (Å²) in [6.07, 6.45) is -0.549. The second-order valence-electron chi connectivity index (χ2n) is 4.49. The number of rotatable bonds is 6. The van der Waals surface area contributed by atoms with Crippen LogP contribution in [0.25, 0.3) is 0 Å². The van der Waals surface area contributed by atoms with Gasteiger partial charge in [-0.25, -0.2) is 0 Å². The summed E-state index contributed by atoms with van der Waals surface area (Å²) >= 11 is 1.70. The van der Waals surface area contributed by atoms with Crippen molar-refractivity contribution >= 4 is 23.4 Å². The zero-order valence-corrected chi connectivity index (χ0v) is 13.0. The Morgan fingerprint density at radius 2 is 1.81 bits per heavy atom. The monoisotopic (exact) mass is 301 g/mol. The van der Waals surface area contributed by atoms with E-state index in [-0.39, 0.29) is 5.91 Å². The Hall–Kier alpha value is -1.94. The Morgan fingerprint density at radius 1 is 1.14 bits per heavy atom. The molecule has 0 aliphatic rings. The van der Waals surface area contributed by atoms with E-state index in [0.717, 1.165) is 16.3 Å². The van der Waals surface area contributed by atoms with Crippen LogP contribution in [0.15, 0.2) is 59.5 Å². The molecule has 0 spiro atoms. The first-order valence-electron chi connectivity index (χ1n) is 6.95. The number of para-hydroxylation sites is 2. The smallest absolute Gasteiger partial charge is 0.265 e. The molecule has 2 aromatic carbocycles. The van der Waals surface area contributed by atoms with E-state index in [9.17, 15) is 4.79 Å². The van der Waals surface area contributed by atoms with Crippen molar-refractivity contribution in [2.75, 3.05) is 11.1 Å². The van der Waals surface area contributed by atoms with Gasteiger partial charge in [-0.1, -0.05) is 37.3 Å². The molecule has 21 heavy (non-hydrogen) atoms. The highest BCUT2D eigenvalue weighted by Crippen LogP contribution is 2.26. The highest BCUT2D eigenvalue weighted by Gasteiger charge is 2.16. The van der Waals surface area contributed by atoms with Crippen LogP contribution in [0, 0.1) is 0 Å². The lowest BCUT2D eigenvalue weighted by molar-refractivity contribution is -0.122. The van der Waals surface area contributed by atoms with Crippen LogP contribution in [0.3, 0.4) is 0 Å². The van der Waals surface area contributed by atoms with Crippen molar-refractivity contribution in [3.8, 4) is 5.75 Å². The fourth-order valence-electron chi connectivity index (χ4n) is 1.84. The topological polar surface area (TPSA) is 38.3 Å². The first-order chi connectivity index (χ1) is 10.2. The lowest BCUT2D eigenvalue weighted by Gasteiger charge is -2.16.